The number of aromatic hydroxyl groups is 1. The molecule has 0 spiro atoms. The van der Waals surface area contributed by atoms with Crippen LogP contribution in [0.4, 0.5) is 0 Å². The van der Waals surface area contributed by atoms with E-state index < -0.39 is 0 Å². The first kappa shape index (κ1) is 8.99. The van der Waals surface area contributed by atoms with Gasteiger partial charge in [0, 0.05) is 0 Å². The lowest BCUT2D eigenvalue weighted by Crippen LogP contribution is -1.84. The number of nitrogens with zero attached hydrogens (tertiary/aromatic N) is 1. The zero-order valence-corrected chi connectivity index (χ0v) is 7.83. The highest BCUT2D eigenvalue weighted by Crippen LogP contribution is 2.35. The van der Waals surface area contributed by atoms with Crippen molar-refractivity contribution in [3.05, 3.63) is 27.1 Å². The van der Waals surface area contributed by atoms with E-state index in [2.05, 4.69) is 26.1 Å². The Bertz CT molecular complexity index is 314. The predicted octanol–water partition coefficient (Wildman–Crippen LogP) is 2.52. The second-order valence-corrected chi connectivity index (χ2v) is 3.11. The Kier molecular flexibility index (Phi) is 2.65. The molecule has 4 nitrogen and oxygen atoms in total. The van der Waals surface area contributed by atoms with Gasteiger partial charge in [-0.05, 0) is 40.5 Å². The minimum Gasteiger partial charge on any atom is -0.503 e. The van der Waals surface area contributed by atoms with Crippen LogP contribution in [0.2, 0.25) is 0 Å². The summed E-state index contributed by atoms with van der Waals surface area (Å²) >= 11 is 3.09. The monoisotopic (exact) mass is 231 g/mol. The van der Waals surface area contributed by atoms with Gasteiger partial charge in [0.05, 0.1) is 4.47 Å². The third-order valence-corrected chi connectivity index (χ3v) is 1.91. The summed E-state index contributed by atoms with van der Waals surface area (Å²) in [4.78, 5) is 14.0. The van der Waals surface area contributed by atoms with Crippen molar-refractivity contribution in [1.82, 2.24) is 0 Å². The second-order valence-electron chi connectivity index (χ2n) is 2.26. The van der Waals surface area contributed by atoms with E-state index in [1.165, 1.54) is 6.07 Å². The van der Waals surface area contributed by atoms with Crippen LogP contribution in [0.25, 0.3) is 0 Å². The van der Waals surface area contributed by atoms with Crippen molar-refractivity contribution in [3.63, 3.8) is 0 Å². The van der Waals surface area contributed by atoms with E-state index in [9.17, 15) is 10.0 Å². The molecular weight excluding hydrogens is 226 g/mol. The minimum atomic E-state index is -0.125. The zero-order chi connectivity index (χ0) is 9.14. The summed E-state index contributed by atoms with van der Waals surface area (Å²) in [5, 5.41) is 11.5. The SMILES string of the molecule is Cc1cc(Br)c(O)c(ON=O)c1. The van der Waals surface area contributed by atoms with Gasteiger partial charge in [-0.15, -0.1) is 4.91 Å². The fourth-order valence-electron chi connectivity index (χ4n) is 0.812. The van der Waals surface area contributed by atoms with E-state index in [0.29, 0.717) is 4.47 Å². The third-order valence-electron chi connectivity index (χ3n) is 1.31. The van der Waals surface area contributed by atoms with Crippen molar-refractivity contribution in [2.45, 2.75) is 6.92 Å². The normalized spacial score (nSPS) is 9.50. The molecular formula is C7H6BrNO3. The van der Waals surface area contributed by atoms with Crippen molar-refractivity contribution < 1.29 is 9.94 Å². The molecule has 0 heterocycles. The Labute approximate surface area is 77.2 Å². The number of phenolic OH excluding ortho intramolecular Hbond substituents is 1. The van der Waals surface area contributed by atoms with Gasteiger partial charge in [-0.1, -0.05) is 0 Å². The molecule has 0 amide bonds. The largest absolute Gasteiger partial charge is 0.503 e. The number of rotatable bonds is 2. The Morgan fingerprint density at radius 1 is 1.58 bits per heavy atom. The van der Waals surface area contributed by atoms with Gasteiger partial charge in [0.15, 0.2) is 11.1 Å². The molecule has 0 aliphatic heterocycles. The molecule has 64 valence electrons. The standard InChI is InChI=1S/C7H6BrNO3/c1-4-2-5(8)7(10)6(3-4)12-9-11/h2-3,10H,1H3. The molecule has 12 heavy (non-hydrogen) atoms. The first-order chi connectivity index (χ1) is 5.65. The van der Waals surface area contributed by atoms with E-state index in [4.69, 9.17) is 0 Å². The van der Waals surface area contributed by atoms with Crippen LogP contribution in [-0.4, -0.2) is 5.11 Å². The first-order valence-corrected chi connectivity index (χ1v) is 3.93. The summed E-state index contributed by atoms with van der Waals surface area (Å²) in [6.07, 6.45) is 0. The molecule has 0 saturated carbocycles. The van der Waals surface area contributed by atoms with Crippen molar-refractivity contribution >= 4 is 15.9 Å². The lowest BCUT2D eigenvalue weighted by molar-refractivity contribution is 0.312. The average molecular weight is 232 g/mol. The molecule has 0 aliphatic rings. The first-order valence-electron chi connectivity index (χ1n) is 3.14. The summed E-state index contributed by atoms with van der Waals surface area (Å²) in [6.45, 7) is 1.81. The molecule has 0 unspecified atom stereocenters. The van der Waals surface area contributed by atoms with Crippen molar-refractivity contribution in [3.8, 4) is 11.5 Å². The van der Waals surface area contributed by atoms with Gasteiger partial charge in [-0.3, -0.25) is 0 Å². The van der Waals surface area contributed by atoms with Gasteiger partial charge >= 0.3 is 0 Å². The second kappa shape index (κ2) is 3.53. The lowest BCUT2D eigenvalue weighted by atomic mass is 10.2. The number of phenols is 1. The Hall–Kier alpha value is -1.10. The molecule has 0 aliphatic carbocycles. The maximum atomic E-state index is 9.75. The molecule has 1 rings (SSSR count). The van der Waals surface area contributed by atoms with Gasteiger partial charge in [0.2, 0.25) is 5.75 Å². The molecule has 0 fully saturated rings. The summed E-state index contributed by atoms with van der Waals surface area (Å²) in [6, 6.07) is 3.22. The fraction of sp³-hybridized carbons (Fsp3) is 0.143. The summed E-state index contributed by atoms with van der Waals surface area (Å²) in [5.74, 6) is -0.0722. The Morgan fingerprint density at radius 3 is 2.83 bits per heavy atom. The van der Waals surface area contributed by atoms with Gasteiger partial charge in [-0.2, -0.15) is 0 Å². The predicted molar refractivity (Wildman–Crippen MR) is 47.0 cm³/mol. The highest BCUT2D eigenvalue weighted by Gasteiger charge is 2.07. The molecule has 0 aromatic heterocycles. The van der Waals surface area contributed by atoms with E-state index in [0.717, 1.165) is 5.56 Å². The van der Waals surface area contributed by atoms with E-state index in [1.807, 2.05) is 6.92 Å². The molecule has 1 aromatic carbocycles. The van der Waals surface area contributed by atoms with Crippen LogP contribution in [-0.2, 0) is 0 Å². The zero-order valence-electron chi connectivity index (χ0n) is 6.24. The number of hydrogen-bond acceptors (Lipinski definition) is 4. The molecule has 0 saturated heterocycles. The summed E-state index contributed by atoms with van der Waals surface area (Å²) < 4.78 is 0.473. The van der Waals surface area contributed by atoms with Crippen LogP contribution in [0.15, 0.2) is 21.9 Å². The smallest absolute Gasteiger partial charge is 0.204 e. The van der Waals surface area contributed by atoms with E-state index in [-0.39, 0.29) is 11.5 Å². The topological polar surface area (TPSA) is 58.9 Å². The van der Waals surface area contributed by atoms with Crippen LogP contribution in [0.3, 0.4) is 0 Å². The number of halogens is 1. The van der Waals surface area contributed by atoms with Gasteiger partial charge in [0.1, 0.15) is 0 Å². The highest BCUT2D eigenvalue weighted by molar-refractivity contribution is 9.10. The fourth-order valence-corrected chi connectivity index (χ4v) is 1.37. The van der Waals surface area contributed by atoms with Gasteiger partial charge in [-0.25, -0.2) is 0 Å². The quantitative estimate of drug-likeness (QED) is 0.629. The van der Waals surface area contributed by atoms with Gasteiger partial charge in [0.25, 0.3) is 0 Å². The van der Waals surface area contributed by atoms with Crippen molar-refractivity contribution in [2.75, 3.05) is 0 Å². The molecule has 5 heteroatoms. The third kappa shape index (κ3) is 1.73. The summed E-state index contributed by atoms with van der Waals surface area (Å²) in [5.41, 5.74) is 0.860. The molecule has 1 N–H and O–H groups in total. The molecule has 0 bridgehead atoms. The van der Waals surface area contributed by atoms with Crippen LogP contribution < -0.4 is 4.84 Å². The number of hydrogen-bond donors (Lipinski definition) is 1. The lowest BCUT2D eigenvalue weighted by Gasteiger charge is -2.02. The van der Waals surface area contributed by atoms with E-state index in [1.54, 1.807) is 6.07 Å². The number of aryl methyl sites for hydroxylation is 1. The van der Waals surface area contributed by atoms with Gasteiger partial charge < -0.3 is 9.94 Å². The van der Waals surface area contributed by atoms with Crippen LogP contribution in [0, 0.1) is 11.8 Å². The van der Waals surface area contributed by atoms with Crippen LogP contribution in [0.5, 0.6) is 11.5 Å². The van der Waals surface area contributed by atoms with Crippen LogP contribution >= 0.6 is 15.9 Å². The Balaban J connectivity index is 3.17. The highest BCUT2D eigenvalue weighted by atomic mass is 79.9. The Morgan fingerprint density at radius 2 is 2.25 bits per heavy atom. The maximum Gasteiger partial charge on any atom is 0.204 e. The van der Waals surface area contributed by atoms with Crippen molar-refractivity contribution in [2.24, 2.45) is 5.34 Å². The molecule has 0 atom stereocenters. The number of benzene rings is 1. The summed E-state index contributed by atoms with van der Waals surface area (Å²) in [7, 11) is 0. The van der Waals surface area contributed by atoms with Crippen molar-refractivity contribution in [1.29, 1.82) is 0 Å². The van der Waals surface area contributed by atoms with E-state index >= 15 is 0 Å². The molecule has 0 radical (unpaired) electrons. The minimum absolute atomic E-state index is 0.0527. The maximum absolute atomic E-state index is 9.75. The van der Waals surface area contributed by atoms with Crippen LogP contribution in [0.1, 0.15) is 5.56 Å². The average Bonchev–Trinajstić information content (AvgIpc) is 2.00. The molecule has 1 aromatic rings.